The number of anilines is 4. The van der Waals surface area contributed by atoms with Crippen LogP contribution in [0.15, 0.2) is 306 Å². The Morgan fingerprint density at radius 3 is 0.943 bits per heavy atom. The van der Waals surface area contributed by atoms with E-state index in [1.807, 2.05) is 208 Å². The Labute approximate surface area is 706 Å². The summed E-state index contributed by atoms with van der Waals surface area (Å²) in [4.78, 5) is 108. The lowest BCUT2D eigenvalue weighted by Gasteiger charge is -2.10. The third-order valence-electron chi connectivity index (χ3n) is 20.2. The fourth-order valence-electron chi connectivity index (χ4n) is 14.3. The molecule has 12 aromatic carbocycles. The molecule has 26 heteroatoms. The van der Waals surface area contributed by atoms with Crippen LogP contribution in [0, 0.1) is 13.8 Å². The minimum Gasteiger partial charge on any atom is -0.478 e. The average molecular weight is 1680 g/mol. The maximum Gasteiger partial charge on any atom is 0.339 e. The van der Waals surface area contributed by atoms with Gasteiger partial charge in [-0.15, -0.1) is 45.3 Å². The molecule has 0 atom stereocenters. The molecule has 0 unspecified atom stereocenters. The minimum absolute atomic E-state index is 0.0414. The summed E-state index contributed by atoms with van der Waals surface area (Å²) < 4.78 is 22.2. The van der Waals surface area contributed by atoms with Crippen LogP contribution in [0.1, 0.15) is 95.0 Å². The molecule has 0 spiro atoms. The number of aryl methyl sites for hydroxylation is 2. The fourth-order valence-corrected chi connectivity index (χ4v) is 18.1. The zero-order chi connectivity index (χ0) is 84.4. The Morgan fingerprint density at radius 2 is 0.582 bits per heavy atom. The number of carbonyl (C=O) groups excluding carboxylic acids is 4. The van der Waals surface area contributed by atoms with Gasteiger partial charge in [-0.1, -0.05) is 206 Å². The van der Waals surface area contributed by atoms with Crippen LogP contribution in [0.5, 0.6) is 0 Å². The van der Waals surface area contributed by atoms with Crippen LogP contribution in [-0.2, 0) is 0 Å². The molecular formula is C96H62N6O16S4. The van der Waals surface area contributed by atoms with Crippen molar-refractivity contribution < 1.29 is 76.5 Å². The minimum atomic E-state index is -1.12. The maximum atomic E-state index is 12.8. The van der Waals surface area contributed by atoms with Crippen molar-refractivity contribution in [1.29, 1.82) is 0 Å². The number of aromatic nitrogens is 2. The van der Waals surface area contributed by atoms with Gasteiger partial charge in [0.15, 0.2) is 22.7 Å². The second-order valence-corrected chi connectivity index (χ2v) is 31.3. The average Bonchev–Trinajstić information content (AvgIpc) is 1.53. The Kier molecular flexibility index (Phi) is 21.8. The number of carbonyl (C=O) groups is 8. The van der Waals surface area contributed by atoms with Gasteiger partial charge in [0.1, 0.15) is 64.5 Å². The summed E-state index contributed by atoms with van der Waals surface area (Å²) >= 11 is 4.68. The number of fused-ring (bicyclic) bond motifs is 8. The third kappa shape index (κ3) is 15.9. The van der Waals surface area contributed by atoms with Crippen molar-refractivity contribution in [2.24, 2.45) is 0 Å². The molecule has 20 aromatic rings. The molecule has 8 aromatic heterocycles. The Bertz CT molecular complexity index is 7030. The predicted octanol–water partition coefficient (Wildman–Crippen LogP) is 24.5. The summed E-state index contributed by atoms with van der Waals surface area (Å²) in [6.45, 7) is 4.04. The summed E-state index contributed by atoms with van der Waals surface area (Å²) in [5.41, 5.74) is 11.2. The van der Waals surface area contributed by atoms with E-state index in [1.54, 1.807) is 94.3 Å². The number of hydrogen-bond donors (Lipinski definition) is 8. The molecular weight excluding hydrogens is 1620 g/mol. The van der Waals surface area contributed by atoms with E-state index in [9.17, 15) is 58.8 Å². The van der Waals surface area contributed by atoms with Gasteiger partial charge in [-0.3, -0.25) is 19.2 Å². The van der Waals surface area contributed by atoms with Gasteiger partial charge in [-0.05, 0) is 151 Å². The number of hydrogen-bond acceptors (Lipinski definition) is 18. The lowest BCUT2D eigenvalue weighted by molar-refractivity contribution is 0.0688. The normalized spacial score (nSPS) is 11.1. The van der Waals surface area contributed by atoms with Crippen LogP contribution in [-0.4, -0.2) is 77.9 Å². The van der Waals surface area contributed by atoms with E-state index in [-0.39, 0.29) is 65.6 Å². The summed E-state index contributed by atoms with van der Waals surface area (Å²) in [5.74, 6) is -6.56. The molecule has 122 heavy (non-hydrogen) atoms. The Hall–Kier alpha value is -15.7. The number of nitrogens with one attached hydrogen (secondary N) is 4. The van der Waals surface area contributed by atoms with Crippen molar-refractivity contribution >= 4 is 200 Å². The zero-order valence-electron chi connectivity index (χ0n) is 63.9. The van der Waals surface area contributed by atoms with E-state index in [4.69, 9.17) is 17.7 Å². The molecule has 8 N–H and O–H groups in total. The molecule has 8 heterocycles. The number of benzene rings is 12. The Morgan fingerprint density at radius 1 is 0.279 bits per heavy atom. The highest BCUT2D eigenvalue weighted by atomic mass is 32.1. The van der Waals surface area contributed by atoms with Gasteiger partial charge in [0, 0.05) is 54.5 Å². The molecule has 20 rings (SSSR count). The van der Waals surface area contributed by atoms with E-state index in [2.05, 4.69) is 31.2 Å². The summed E-state index contributed by atoms with van der Waals surface area (Å²) in [6, 6.07) is 82.8. The molecule has 0 aliphatic heterocycles. The number of thiophene rings is 4. The van der Waals surface area contributed by atoms with Gasteiger partial charge in [-0.2, -0.15) is 0 Å². The van der Waals surface area contributed by atoms with Crippen molar-refractivity contribution in [2.45, 2.75) is 13.8 Å². The number of rotatable bonds is 16. The van der Waals surface area contributed by atoms with E-state index < -0.39 is 47.5 Å². The molecule has 0 saturated heterocycles. The van der Waals surface area contributed by atoms with Gasteiger partial charge in [0.2, 0.25) is 0 Å². The van der Waals surface area contributed by atoms with Crippen molar-refractivity contribution in [3.63, 3.8) is 0 Å². The topological polar surface area (TPSA) is 344 Å². The van der Waals surface area contributed by atoms with Crippen LogP contribution < -0.4 is 21.3 Å². The molecule has 0 fully saturated rings. The van der Waals surface area contributed by atoms with Crippen LogP contribution in [0.4, 0.5) is 20.0 Å². The second kappa shape index (κ2) is 33.7. The number of para-hydroxylation sites is 6. The smallest absolute Gasteiger partial charge is 0.339 e. The highest BCUT2D eigenvalue weighted by Gasteiger charge is 2.30. The van der Waals surface area contributed by atoms with Gasteiger partial charge >= 0.3 is 35.7 Å². The molecule has 0 radical (unpaired) electrons. The summed E-state index contributed by atoms with van der Waals surface area (Å²) in [5, 5.41) is 68.1. The Balaban J connectivity index is 0.000000116. The number of carboxylic acids is 4. The molecule has 0 bridgehead atoms. The molecule has 4 amide bonds. The van der Waals surface area contributed by atoms with Crippen LogP contribution in [0.25, 0.3) is 132 Å². The first-order valence-corrected chi connectivity index (χ1v) is 41.1. The lowest BCUT2D eigenvalue weighted by Crippen LogP contribution is -2.13. The largest absolute Gasteiger partial charge is 0.478 e. The fraction of sp³-hybridized carbons (Fsp3) is 0.0208. The van der Waals surface area contributed by atoms with Crippen molar-refractivity contribution in [3.05, 3.63) is 345 Å². The molecule has 0 aliphatic carbocycles. The summed E-state index contributed by atoms with van der Waals surface area (Å²) in [6.07, 6.45) is 0. The van der Waals surface area contributed by atoms with Crippen molar-refractivity contribution in [1.82, 2.24) is 9.97 Å². The number of amides is 4. The first-order valence-electron chi connectivity index (χ1n) is 37.5. The quantitative estimate of drug-likeness (QED) is 0.0445. The summed E-state index contributed by atoms with van der Waals surface area (Å²) in [7, 11) is 0. The van der Waals surface area contributed by atoms with Crippen molar-refractivity contribution in [2.75, 3.05) is 21.3 Å². The highest BCUT2D eigenvalue weighted by Crippen LogP contribution is 2.44. The lowest BCUT2D eigenvalue weighted by atomic mass is 9.95. The predicted molar refractivity (Wildman–Crippen MR) is 479 cm³/mol. The number of furan rings is 2. The van der Waals surface area contributed by atoms with E-state index >= 15 is 0 Å². The van der Waals surface area contributed by atoms with Crippen molar-refractivity contribution in [3.8, 4) is 44.5 Å². The molecule has 0 aliphatic rings. The molecule has 0 saturated carbocycles. The standard InChI is InChI=1S/C25H17NO4S.C24H16N2O4S.C24H15NO4S.C23H14N2O4S/c1-14-10-11-18(17-8-4-3-7-16(14)17)19-13-31-24(22(19)25(28)29)26-23(27)21-12-15-6-2-5-9-20(15)30-21;1-13-10-11-16(15-7-3-2-6-14(13)15)17-12-31-23(20(17)24(28)29)26-21(27)22-25-18-8-4-5-9-19(18)30-22;26-22(20-12-17-7-3-4-8-19(17)29-20)25-23-21(24(27)28)18(13-30-23)16-10-9-14-5-1-2-6-15(14)11-16;26-20(21-24-17-7-3-4-8-18(17)29-21)25-22-19(23(27)28)16(12-30-22)15-10-9-13-5-1-2-6-14(13)11-15/h2-13H,1H3,(H,26,27)(H,28,29);2-12H,1H3,(H,26,27)(H,28,29);1-13H,(H,25,26)(H,27,28);1-12H,(H,25,26)(H,27,28). The van der Waals surface area contributed by atoms with E-state index in [0.29, 0.717) is 55.6 Å². The van der Waals surface area contributed by atoms with Crippen LogP contribution in [0.2, 0.25) is 0 Å². The number of oxazole rings is 2. The number of carboxylic acid groups (broad SMARTS) is 4. The molecule has 596 valence electrons. The van der Waals surface area contributed by atoms with Gasteiger partial charge in [0.25, 0.3) is 23.6 Å². The van der Waals surface area contributed by atoms with Crippen LogP contribution >= 0.6 is 45.3 Å². The first-order chi connectivity index (χ1) is 59.2. The monoisotopic (exact) mass is 1680 g/mol. The zero-order valence-corrected chi connectivity index (χ0v) is 67.2. The van der Waals surface area contributed by atoms with Gasteiger partial charge in [0.05, 0.1) is 0 Å². The number of nitrogens with zero attached hydrogens (tertiary/aromatic N) is 2. The number of aromatic carboxylic acids is 4. The SMILES string of the molecule is Cc1ccc(-c2csc(NC(=O)c3cc4ccccc4o3)c2C(=O)O)c2ccccc12.Cc1ccc(-c2csc(NC(=O)c3nc4ccccc4o3)c2C(=O)O)c2ccccc12.O=C(Nc1scc(-c2ccc3ccccc3c2)c1C(=O)O)c1cc2ccccc2o1.O=C(Nc1scc(-c2ccc3ccccc3c2)c1C(=O)O)c1nc2ccccc2o1. The highest BCUT2D eigenvalue weighted by molar-refractivity contribution is 7.16. The second-order valence-electron chi connectivity index (χ2n) is 27.8. The maximum absolute atomic E-state index is 12.8. The first kappa shape index (κ1) is 78.8. The van der Waals surface area contributed by atoms with E-state index in [0.717, 1.165) is 110 Å². The molecule has 22 nitrogen and oxygen atoms in total. The van der Waals surface area contributed by atoms with Crippen LogP contribution in [0.3, 0.4) is 0 Å². The third-order valence-corrected chi connectivity index (χ3v) is 23.8. The van der Waals surface area contributed by atoms with Gasteiger partial charge < -0.3 is 59.4 Å². The van der Waals surface area contributed by atoms with Gasteiger partial charge in [-0.25, -0.2) is 29.1 Å². The van der Waals surface area contributed by atoms with E-state index in [1.165, 1.54) is 22.7 Å².